The summed E-state index contributed by atoms with van der Waals surface area (Å²) in [6.45, 7) is 9.03. The monoisotopic (exact) mass is 363 g/mol. The number of carbonyl (C=O) groups excluding carboxylic acids is 1. The topological polar surface area (TPSA) is 140 Å². The molecule has 1 aromatic carbocycles. The molecule has 0 heterocycles. The van der Waals surface area contributed by atoms with Gasteiger partial charge in [0.2, 0.25) is 5.91 Å². The number of hydrazone groups is 1. The lowest BCUT2D eigenvalue weighted by molar-refractivity contribution is -0.393. The van der Waals surface area contributed by atoms with Gasteiger partial charge in [-0.05, 0) is 31.4 Å². The van der Waals surface area contributed by atoms with Crippen molar-refractivity contribution in [1.29, 1.82) is 0 Å². The predicted octanol–water partition coefficient (Wildman–Crippen LogP) is 3.01. The summed E-state index contributed by atoms with van der Waals surface area (Å²) in [6, 6.07) is 2.83. The zero-order valence-corrected chi connectivity index (χ0v) is 14.8. The first-order valence-electron chi connectivity index (χ1n) is 7.81. The van der Waals surface area contributed by atoms with Gasteiger partial charge >= 0.3 is 5.69 Å². The Morgan fingerprint density at radius 3 is 2.46 bits per heavy atom. The quantitative estimate of drug-likeness (QED) is 0.299. The van der Waals surface area contributed by atoms with E-state index in [-0.39, 0.29) is 29.2 Å². The van der Waals surface area contributed by atoms with Crippen LogP contribution in [0.2, 0.25) is 0 Å². The number of nitrogens with zero attached hydrogens (tertiary/aromatic N) is 3. The molecule has 1 unspecified atom stereocenters. The smallest absolute Gasteiger partial charge is 0.301 e. The number of carbonyl (C=O) groups is 1. The van der Waals surface area contributed by atoms with Crippen molar-refractivity contribution in [3.05, 3.63) is 51.1 Å². The van der Waals surface area contributed by atoms with Crippen molar-refractivity contribution in [2.24, 2.45) is 11.0 Å². The Bertz CT molecular complexity index is 745. The Hall–Kier alpha value is -3.30. The zero-order valence-electron chi connectivity index (χ0n) is 14.8. The molecule has 0 aliphatic heterocycles. The molecule has 2 N–H and O–H groups in total. The van der Waals surface area contributed by atoms with Crippen molar-refractivity contribution in [2.45, 2.75) is 33.2 Å². The summed E-state index contributed by atoms with van der Waals surface area (Å²) < 4.78 is 0. The average molecular weight is 363 g/mol. The molecule has 10 nitrogen and oxygen atoms in total. The van der Waals surface area contributed by atoms with Crippen LogP contribution in [0.3, 0.4) is 0 Å². The van der Waals surface area contributed by atoms with Gasteiger partial charge in [-0.1, -0.05) is 20.4 Å². The largest absolute Gasteiger partial charge is 0.344 e. The summed E-state index contributed by atoms with van der Waals surface area (Å²) >= 11 is 0. The molecule has 1 atom stereocenters. The molecular formula is C16H21N5O5. The third-order valence-electron chi connectivity index (χ3n) is 3.45. The fraction of sp³-hybridized carbons (Fsp3) is 0.375. The highest BCUT2D eigenvalue weighted by Crippen LogP contribution is 2.29. The van der Waals surface area contributed by atoms with E-state index in [0.717, 1.165) is 18.2 Å². The van der Waals surface area contributed by atoms with Crippen LogP contribution in [0.4, 0.5) is 17.1 Å². The Morgan fingerprint density at radius 2 is 1.96 bits per heavy atom. The lowest BCUT2D eigenvalue weighted by Gasteiger charge is -2.19. The zero-order chi connectivity index (χ0) is 19.9. The van der Waals surface area contributed by atoms with E-state index in [1.807, 2.05) is 13.8 Å². The van der Waals surface area contributed by atoms with Gasteiger partial charge < -0.3 is 5.32 Å². The molecule has 0 aromatic heterocycles. The van der Waals surface area contributed by atoms with Crippen molar-refractivity contribution in [1.82, 2.24) is 5.32 Å². The Morgan fingerprint density at radius 1 is 1.31 bits per heavy atom. The van der Waals surface area contributed by atoms with Crippen molar-refractivity contribution in [2.75, 3.05) is 5.43 Å². The van der Waals surface area contributed by atoms with E-state index in [1.165, 1.54) is 6.07 Å². The van der Waals surface area contributed by atoms with Crippen LogP contribution in [0, 0.1) is 26.1 Å². The number of nitrogens with one attached hydrogen (secondary N) is 2. The molecule has 1 rings (SSSR count). The Kier molecular flexibility index (Phi) is 7.38. The molecular weight excluding hydrogens is 342 g/mol. The van der Waals surface area contributed by atoms with Gasteiger partial charge in [-0.25, -0.2) is 0 Å². The molecule has 0 aliphatic carbocycles. The van der Waals surface area contributed by atoms with Crippen molar-refractivity contribution < 1.29 is 14.6 Å². The van der Waals surface area contributed by atoms with E-state index >= 15 is 0 Å². The van der Waals surface area contributed by atoms with E-state index in [0.29, 0.717) is 12.1 Å². The molecule has 10 heteroatoms. The molecule has 0 saturated carbocycles. The molecule has 0 spiro atoms. The fourth-order valence-corrected chi connectivity index (χ4v) is 2.14. The van der Waals surface area contributed by atoms with Crippen LogP contribution in [0.15, 0.2) is 36.0 Å². The average Bonchev–Trinajstić information content (AvgIpc) is 2.57. The molecule has 0 bridgehead atoms. The number of rotatable bonds is 9. The number of nitro groups is 2. The standard InChI is InChI=1S/C16H21N5O5/c1-5-16(22)17-14(8-10(2)3)11(4)18-19-13-7-6-12(20(23)24)9-15(13)21(25)26/h5-7,9-10,14,19H,1,8H2,2-4H3,(H,17,22)/b18-11-. The highest BCUT2D eigenvalue weighted by Gasteiger charge is 2.20. The number of amides is 1. The van der Waals surface area contributed by atoms with Crippen LogP contribution < -0.4 is 10.7 Å². The van der Waals surface area contributed by atoms with Crippen molar-refractivity contribution in [3.63, 3.8) is 0 Å². The van der Waals surface area contributed by atoms with Gasteiger partial charge in [-0.3, -0.25) is 30.4 Å². The summed E-state index contributed by atoms with van der Waals surface area (Å²) in [7, 11) is 0. The predicted molar refractivity (Wildman–Crippen MR) is 98.1 cm³/mol. The minimum absolute atomic E-state index is 0.0123. The molecule has 0 fully saturated rings. The number of hydrogen-bond donors (Lipinski definition) is 2. The van der Waals surface area contributed by atoms with Gasteiger partial charge in [-0.2, -0.15) is 5.10 Å². The van der Waals surface area contributed by atoms with Crippen LogP contribution in [0.5, 0.6) is 0 Å². The lowest BCUT2D eigenvalue weighted by atomic mass is 10.0. The first kappa shape index (κ1) is 20.7. The van der Waals surface area contributed by atoms with Crippen LogP contribution >= 0.6 is 0 Å². The van der Waals surface area contributed by atoms with Gasteiger partial charge in [0, 0.05) is 6.07 Å². The first-order valence-corrected chi connectivity index (χ1v) is 7.81. The van der Waals surface area contributed by atoms with E-state index < -0.39 is 15.5 Å². The minimum atomic E-state index is -0.731. The molecule has 140 valence electrons. The molecule has 1 amide bonds. The SMILES string of the molecule is C=CC(=O)NC(CC(C)C)/C(C)=N\Nc1ccc([N+](=O)[O-])cc1[N+](=O)[O-]. The van der Waals surface area contributed by atoms with E-state index in [4.69, 9.17) is 0 Å². The fourth-order valence-electron chi connectivity index (χ4n) is 2.14. The molecule has 0 saturated heterocycles. The van der Waals surface area contributed by atoms with Crippen LogP contribution in [-0.2, 0) is 4.79 Å². The number of non-ortho nitro benzene ring substituents is 1. The Balaban J connectivity index is 3.08. The second-order valence-electron chi connectivity index (χ2n) is 5.98. The normalized spacial score (nSPS) is 12.4. The van der Waals surface area contributed by atoms with Crippen molar-refractivity contribution >= 4 is 28.7 Å². The molecule has 0 aliphatic rings. The summed E-state index contributed by atoms with van der Waals surface area (Å²) in [5.74, 6) is -0.0875. The van der Waals surface area contributed by atoms with Crippen LogP contribution in [0.25, 0.3) is 0 Å². The number of nitro benzene ring substituents is 2. The Labute approximate surface area is 150 Å². The summed E-state index contributed by atoms with van der Waals surface area (Å²) in [5, 5.41) is 28.7. The number of anilines is 1. The highest BCUT2D eigenvalue weighted by molar-refractivity contribution is 5.95. The molecule has 26 heavy (non-hydrogen) atoms. The van der Waals surface area contributed by atoms with Gasteiger partial charge in [-0.15, -0.1) is 0 Å². The lowest BCUT2D eigenvalue weighted by Crippen LogP contribution is -2.40. The van der Waals surface area contributed by atoms with Crippen molar-refractivity contribution in [3.8, 4) is 0 Å². The second kappa shape index (κ2) is 9.25. The summed E-state index contributed by atoms with van der Waals surface area (Å²) in [5.41, 5.74) is 2.21. The van der Waals surface area contributed by atoms with E-state index in [1.54, 1.807) is 6.92 Å². The van der Waals surface area contributed by atoms with Gasteiger partial charge in [0.05, 0.1) is 27.7 Å². The van der Waals surface area contributed by atoms with Gasteiger partial charge in [0.15, 0.2) is 0 Å². The maximum atomic E-state index is 11.6. The number of benzene rings is 1. The van der Waals surface area contributed by atoms with Crippen LogP contribution in [0.1, 0.15) is 27.2 Å². The highest BCUT2D eigenvalue weighted by atomic mass is 16.6. The molecule has 1 aromatic rings. The summed E-state index contributed by atoms with van der Waals surface area (Å²) in [4.78, 5) is 32.0. The third kappa shape index (κ3) is 5.96. The third-order valence-corrected chi connectivity index (χ3v) is 3.45. The minimum Gasteiger partial charge on any atom is -0.344 e. The van der Waals surface area contributed by atoms with Crippen LogP contribution in [-0.4, -0.2) is 27.5 Å². The molecule has 0 radical (unpaired) electrons. The van der Waals surface area contributed by atoms with E-state index in [9.17, 15) is 25.0 Å². The first-order chi connectivity index (χ1) is 12.1. The summed E-state index contributed by atoms with van der Waals surface area (Å²) in [6.07, 6.45) is 1.76. The maximum Gasteiger partial charge on any atom is 0.301 e. The maximum absolute atomic E-state index is 11.6. The van der Waals surface area contributed by atoms with Gasteiger partial charge in [0.1, 0.15) is 5.69 Å². The van der Waals surface area contributed by atoms with E-state index in [2.05, 4.69) is 22.4 Å². The number of hydrogen-bond acceptors (Lipinski definition) is 7. The van der Waals surface area contributed by atoms with Gasteiger partial charge in [0.25, 0.3) is 5.69 Å². The second-order valence-corrected chi connectivity index (χ2v) is 5.98.